The van der Waals surface area contributed by atoms with Crippen LogP contribution in [0, 0.1) is 0 Å². The van der Waals surface area contributed by atoms with Gasteiger partial charge in [-0.25, -0.2) is 0 Å². The fraction of sp³-hybridized carbons (Fsp3) is 0.364. The number of rotatable bonds is 4. The Labute approximate surface area is 93.9 Å². The molecule has 0 saturated carbocycles. The van der Waals surface area contributed by atoms with E-state index in [1.807, 2.05) is 13.0 Å². The van der Waals surface area contributed by atoms with Crippen molar-refractivity contribution in [2.24, 2.45) is 0 Å². The summed E-state index contributed by atoms with van der Waals surface area (Å²) < 4.78 is 10.2. The van der Waals surface area contributed by atoms with Gasteiger partial charge in [-0.3, -0.25) is 4.79 Å². The first-order chi connectivity index (χ1) is 7.13. The predicted molar refractivity (Wildman–Crippen MR) is 59.1 cm³/mol. The van der Waals surface area contributed by atoms with Gasteiger partial charge in [-0.05, 0) is 35.7 Å². The van der Waals surface area contributed by atoms with Crippen LogP contribution in [0.2, 0.25) is 0 Å². The highest BCUT2D eigenvalue weighted by Gasteiger charge is 2.16. The summed E-state index contributed by atoms with van der Waals surface area (Å²) in [7, 11) is 3.01. The number of hydrogen-bond acceptors (Lipinski definition) is 3. The van der Waals surface area contributed by atoms with E-state index in [0.29, 0.717) is 17.1 Å². The smallest absolute Gasteiger partial charge is 0.256 e. The Balaban J connectivity index is 3.39. The number of ether oxygens (including phenoxy) is 2. The third kappa shape index (κ3) is 2.42. The summed E-state index contributed by atoms with van der Waals surface area (Å²) in [6, 6.07) is 3.55. The number of halogens is 1. The minimum absolute atomic E-state index is 0.343. The summed E-state index contributed by atoms with van der Waals surface area (Å²) in [6.45, 7) is 1.99. The second-order valence-electron chi connectivity index (χ2n) is 3.01. The van der Waals surface area contributed by atoms with E-state index in [1.54, 1.807) is 6.07 Å². The molecule has 0 aromatic heterocycles. The number of carbonyl (C=O) groups excluding carboxylic acids is 1. The summed E-state index contributed by atoms with van der Waals surface area (Å²) in [5.74, 6) is 0.913. The number of methoxy groups -OCH3 is 2. The second kappa shape index (κ2) is 5.03. The zero-order valence-corrected chi connectivity index (χ0v) is 9.72. The largest absolute Gasteiger partial charge is 0.493 e. The molecule has 0 aliphatic heterocycles. The number of hydrogen-bond donors (Lipinski definition) is 0. The number of aryl methyl sites for hydroxylation is 1. The fourth-order valence-corrected chi connectivity index (χ4v) is 1.51. The fourth-order valence-electron chi connectivity index (χ4n) is 1.37. The van der Waals surface area contributed by atoms with Crippen LogP contribution in [0.1, 0.15) is 22.8 Å². The molecule has 0 fully saturated rings. The van der Waals surface area contributed by atoms with E-state index >= 15 is 0 Å². The molecule has 1 aromatic rings. The van der Waals surface area contributed by atoms with Crippen molar-refractivity contribution in [1.82, 2.24) is 0 Å². The van der Waals surface area contributed by atoms with Crippen LogP contribution in [0.25, 0.3) is 0 Å². The predicted octanol–water partition coefficient (Wildman–Crippen LogP) is 2.65. The van der Waals surface area contributed by atoms with Gasteiger partial charge < -0.3 is 9.47 Å². The second-order valence-corrected chi connectivity index (χ2v) is 3.35. The first-order valence-electron chi connectivity index (χ1n) is 4.58. The van der Waals surface area contributed by atoms with E-state index < -0.39 is 5.24 Å². The van der Waals surface area contributed by atoms with Crippen molar-refractivity contribution in [1.29, 1.82) is 0 Å². The summed E-state index contributed by atoms with van der Waals surface area (Å²) in [5, 5.41) is -0.541. The lowest BCUT2D eigenvalue weighted by Gasteiger charge is -2.12. The lowest BCUT2D eigenvalue weighted by Crippen LogP contribution is -2.00. The van der Waals surface area contributed by atoms with Crippen LogP contribution in [0.3, 0.4) is 0 Å². The maximum absolute atomic E-state index is 11.2. The van der Waals surface area contributed by atoms with E-state index in [9.17, 15) is 4.79 Å². The molecule has 1 aromatic carbocycles. The van der Waals surface area contributed by atoms with Gasteiger partial charge in [0, 0.05) is 0 Å². The molecular formula is C11H13ClO3. The van der Waals surface area contributed by atoms with E-state index in [-0.39, 0.29) is 0 Å². The summed E-state index contributed by atoms with van der Waals surface area (Å²) in [6.07, 6.45) is 0.803. The van der Waals surface area contributed by atoms with Gasteiger partial charge >= 0.3 is 0 Å². The molecule has 0 aliphatic rings. The molecule has 0 atom stereocenters. The van der Waals surface area contributed by atoms with Crippen LogP contribution < -0.4 is 9.47 Å². The SMILES string of the molecule is CCc1cc(OC)c(OC)c(C(=O)Cl)c1. The van der Waals surface area contributed by atoms with Gasteiger partial charge in [0.25, 0.3) is 5.24 Å². The van der Waals surface area contributed by atoms with Crippen molar-refractivity contribution in [2.45, 2.75) is 13.3 Å². The van der Waals surface area contributed by atoms with Crippen molar-refractivity contribution in [3.05, 3.63) is 23.3 Å². The third-order valence-corrected chi connectivity index (χ3v) is 2.36. The van der Waals surface area contributed by atoms with Crippen LogP contribution in [-0.2, 0) is 6.42 Å². The zero-order valence-electron chi connectivity index (χ0n) is 8.96. The molecule has 0 radical (unpaired) electrons. The molecule has 0 spiro atoms. The summed E-state index contributed by atoms with van der Waals surface area (Å²) in [4.78, 5) is 11.2. The molecule has 0 aliphatic carbocycles. The van der Waals surface area contributed by atoms with E-state index in [2.05, 4.69) is 0 Å². The molecule has 1 rings (SSSR count). The van der Waals surface area contributed by atoms with Gasteiger partial charge in [0.2, 0.25) is 0 Å². The standard InChI is InChI=1S/C11H13ClO3/c1-4-7-5-8(11(12)13)10(15-3)9(6-7)14-2/h5-6H,4H2,1-3H3. The van der Waals surface area contributed by atoms with E-state index in [0.717, 1.165) is 12.0 Å². The highest BCUT2D eigenvalue weighted by molar-refractivity contribution is 6.68. The molecule has 0 N–H and O–H groups in total. The maximum Gasteiger partial charge on any atom is 0.256 e. The van der Waals surface area contributed by atoms with Gasteiger partial charge in [-0.15, -0.1) is 0 Å². The van der Waals surface area contributed by atoms with Gasteiger partial charge in [0.05, 0.1) is 19.8 Å². The Kier molecular flexibility index (Phi) is 3.97. The van der Waals surface area contributed by atoms with E-state index in [4.69, 9.17) is 21.1 Å². The Morgan fingerprint density at radius 1 is 1.33 bits per heavy atom. The van der Waals surface area contributed by atoms with Crippen molar-refractivity contribution in [2.75, 3.05) is 14.2 Å². The summed E-state index contributed by atoms with van der Waals surface area (Å²) in [5.41, 5.74) is 1.33. The van der Waals surface area contributed by atoms with Crippen LogP contribution in [0.4, 0.5) is 0 Å². The highest BCUT2D eigenvalue weighted by Crippen LogP contribution is 2.33. The molecule has 82 valence electrons. The first-order valence-corrected chi connectivity index (χ1v) is 4.96. The quantitative estimate of drug-likeness (QED) is 0.744. The van der Waals surface area contributed by atoms with Gasteiger partial charge in [0.1, 0.15) is 0 Å². The lowest BCUT2D eigenvalue weighted by atomic mass is 10.1. The number of benzene rings is 1. The molecule has 0 heterocycles. The van der Waals surface area contributed by atoms with Crippen LogP contribution in [-0.4, -0.2) is 19.5 Å². The maximum atomic E-state index is 11.2. The Morgan fingerprint density at radius 3 is 2.40 bits per heavy atom. The average molecular weight is 229 g/mol. The Hall–Kier alpha value is -1.22. The molecule has 15 heavy (non-hydrogen) atoms. The molecule has 0 unspecified atom stereocenters. The average Bonchev–Trinajstić information content (AvgIpc) is 2.26. The third-order valence-electron chi connectivity index (χ3n) is 2.16. The molecule has 3 nitrogen and oxygen atoms in total. The topological polar surface area (TPSA) is 35.5 Å². The first kappa shape index (κ1) is 11.9. The molecule has 4 heteroatoms. The highest BCUT2D eigenvalue weighted by atomic mass is 35.5. The van der Waals surface area contributed by atoms with Crippen molar-refractivity contribution < 1.29 is 14.3 Å². The minimum Gasteiger partial charge on any atom is -0.493 e. The number of carbonyl (C=O) groups is 1. The zero-order chi connectivity index (χ0) is 11.4. The van der Waals surface area contributed by atoms with E-state index in [1.165, 1.54) is 14.2 Å². The van der Waals surface area contributed by atoms with Gasteiger partial charge in [-0.1, -0.05) is 6.92 Å². The van der Waals surface area contributed by atoms with Crippen LogP contribution >= 0.6 is 11.6 Å². The summed E-state index contributed by atoms with van der Waals surface area (Å²) >= 11 is 5.47. The van der Waals surface area contributed by atoms with Crippen LogP contribution in [0.5, 0.6) is 11.5 Å². The molecule has 0 amide bonds. The Morgan fingerprint density at radius 2 is 2.00 bits per heavy atom. The van der Waals surface area contributed by atoms with Crippen molar-refractivity contribution >= 4 is 16.8 Å². The monoisotopic (exact) mass is 228 g/mol. The van der Waals surface area contributed by atoms with Gasteiger partial charge in [0.15, 0.2) is 11.5 Å². The van der Waals surface area contributed by atoms with Crippen molar-refractivity contribution in [3.8, 4) is 11.5 Å². The van der Waals surface area contributed by atoms with Crippen LogP contribution in [0.15, 0.2) is 12.1 Å². The normalized spacial score (nSPS) is 9.87. The Bertz CT molecular complexity index is 374. The molecule has 0 saturated heterocycles. The molecule has 0 bridgehead atoms. The minimum atomic E-state index is -0.541. The van der Waals surface area contributed by atoms with Gasteiger partial charge in [-0.2, -0.15) is 0 Å². The lowest BCUT2D eigenvalue weighted by molar-refractivity contribution is 0.107. The van der Waals surface area contributed by atoms with Crippen molar-refractivity contribution in [3.63, 3.8) is 0 Å². The molecular weight excluding hydrogens is 216 g/mol.